The van der Waals surface area contributed by atoms with Crippen molar-refractivity contribution in [1.82, 2.24) is 15.5 Å². The van der Waals surface area contributed by atoms with Crippen molar-refractivity contribution in [1.29, 1.82) is 0 Å². The Kier molecular flexibility index (Phi) is 8.39. The fraction of sp³-hybridized carbons (Fsp3) is 0.600. The van der Waals surface area contributed by atoms with Crippen molar-refractivity contribution in [3.05, 3.63) is 24.3 Å². The lowest BCUT2D eigenvalue weighted by atomic mass is 10.2. The molecule has 1 aliphatic heterocycles. The van der Waals surface area contributed by atoms with E-state index in [-0.39, 0.29) is 18.0 Å². The van der Waals surface area contributed by atoms with E-state index in [1.54, 1.807) is 4.90 Å². The Morgan fingerprint density at radius 3 is 2.56 bits per heavy atom. The predicted octanol–water partition coefficient (Wildman–Crippen LogP) is 2.22. The Labute approximate surface area is 162 Å². The molecule has 3 amide bonds. The zero-order valence-electron chi connectivity index (χ0n) is 16.7. The first kappa shape index (κ1) is 21.0. The van der Waals surface area contributed by atoms with Crippen molar-refractivity contribution in [2.45, 2.75) is 39.7 Å². The monoisotopic (exact) mass is 376 g/mol. The van der Waals surface area contributed by atoms with Gasteiger partial charge in [-0.25, -0.2) is 4.79 Å². The molecule has 1 fully saturated rings. The van der Waals surface area contributed by atoms with E-state index in [2.05, 4.69) is 29.4 Å². The summed E-state index contributed by atoms with van der Waals surface area (Å²) in [6, 6.07) is 7.08. The fourth-order valence-corrected chi connectivity index (χ4v) is 3.22. The van der Waals surface area contributed by atoms with Gasteiger partial charge in [0, 0.05) is 25.2 Å². The van der Waals surface area contributed by atoms with E-state index in [0.717, 1.165) is 37.5 Å². The van der Waals surface area contributed by atoms with E-state index in [1.165, 1.54) is 0 Å². The molecule has 1 aromatic rings. The van der Waals surface area contributed by atoms with Gasteiger partial charge in [0.25, 0.3) is 0 Å². The molecule has 0 aromatic heterocycles. The van der Waals surface area contributed by atoms with Crippen LogP contribution in [0.15, 0.2) is 24.3 Å². The SMILES string of the molecule is CCOc1ccc(N2C[C@@H](NC(=O)NCCCN(CC)CC)CC2=O)cc1. The van der Waals surface area contributed by atoms with Gasteiger partial charge in [-0.1, -0.05) is 13.8 Å². The second-order valence-corrected chi connectivity index (χ2v) is 6.61. The maximum absolute atomic E-state index is 12.3. The summed E-state index contributed by atoms with van der Waals surface area (Å²) in [4.78, 5) is 28.4. The lowest BCUT2D eigenvalue weighted by Gasteiger charge is -2.19. The molecule has 27 heavy (non-hydrogen) atoms. The summed E-state index contributed by atoms with van der Waals surface area (Å²) in [6.07, 6.45) is 1.23. The zero-order valence-corrected chi connectivity index (χ0v) is 16.7. The van der Waals surface area contributed by atoms with Crippen LogP contribution in [0.2, 0.25) is 0 Å². The van der Waals surface area contributed by atoms with E-state index in [9.17, 15) is 9.59 Å². The van der Waals surface area contributed by atoms with Crippen molar-refractivity contribution in [2.24, 2.45) is 0 Å². The van der Waals surface area contributed by atoms with Crippen molar-refractivity contribution in [3.8, 4) is 5.75 Å². The van der Waals surface area contributed by atoms with Gasteiger partial charge in [-0.2, -0.15) is 0 Å². The number of carbonyl (C=O) groups excluding carboxylic acids is 2. The van der Waals surface area contributed by atoms with E-state index in [0.29, 0.717) is 26.1 Å². The molecule has 1 atom stereocenters. The predicted molar refractivity (Wildman–Crippen MR) is 107 cm³/mol. The molecule has 0 unspecified atom stereocenters. The summed E-state index contributed by atoms with van der Waals surface area (Å²) < 4.78 is 5.43. The van der Waals surface area contributed by atoms with Gasteiger partial charge >= 0.3 is 6.03 Å². The highest BCUT2D eigenvalue weighted by Gasteiger charge is 2.31. The topological polar surface area (TPSA) is 73.9 Å². The van der Waals surface area contributed by atoms with E-state index < -0.39 is 0 Å². The third kappa shape index (κ3) is 6.43. The van der Waals surface area contributed by atoms with Crippen molar-refractivity contribution in [3.63, 3.8) is 0 Å². The van der Waals surface area contributed by atoms with Gasteiger partial charge in [0.1, 0.15) is 5.75 Å². The second-order valence-electron chi connectivity index (χ2n) is 6.61. The molecule has 2 N–H and O–H groups in total. The summed E-state index contributed by atoms with van der Waals surface area (Å²) in [5.41, 5.74) is 0.826. The summed E-state index contributed by atoms with van der Waals surface area (Å²) in [6.45, 7) is 10.9. The maximum atomic E-state index is 12.3. The number of nitrogens with zero attached hydrogens (tertiary/aromatic N) is 2. The van der Waals surface area contributed by atoms with Gasteiger partial charge in [-0.3, -0.25) is 4.79 Å². The minimum atomic E-state index is -0.208. The highest BCUT2D eigenvalue weighted by molar-refractivity contribution is 5.96. The molecule has 1 saturated heterocycles. The van der Waals surface area contributed by atoms with Gasteiger partial charge in [0.2, 0.25) is 5.91 Å². The summed E-state index contributed by atoms with van der Waals surface area (Å²) >= 11 is 0. The van der Waals surface area contributed by atoms with Crippen molar-refractivity contribution in [2.75, 3.05) is 44.2 Å². The molecule has 0 spiro atoms. The molecule has 7 heteroatoms. The maximum Gasteiger partial charge on any atom is 0.315 e. The number of hydrogen-bond donors (Lipinski definition) is 2. The lowest BCUT2D eigenvalue weighted by Crippen LogP contribution is -2.44. The highest BCUT2D eigenvalue weighted by atomic mass is 16.5. The first-order valence-corrected chi connectivity index (χ1v) is 9.87. The quantitative estimate of drug-likeness (QED) is 0.614. The largest absolute Gasteiger partial charge is 0.494 e. The molecule has 0 bridgehead atoms. The molecule has 1 aliphatic rings. The first-order valence-electron chi connectivity index (χ1n) is 9.87. The zero-order chi connectivity index (χ0) is 19.6. The third-order valence-corrected chi connectivity index (χ3v) is 4.75. The molecule has 1 heterocycles. The normalized spacial score (nSPS) is 16.7. The summed E-state index contributed by atoms with van der Waals surface area (Å²) in [5, 5.41) is 5.79. The number of anilines is 1. The van der Waals surface area contributed by atoms with Crippen LogP contribution in [0, 0.1) is 0 Å². The molecular formula is C20H32N4O3. The summed E-state index contributed by atoms with van der Waals surface area (Å²) in [7, 11) is 0. The highest BCUT2D eigenvalue weighted by Crippen LogP contribution is 2.24. The van der Waals surface area contributed by atoms with Crippen molar-refractivity contribution < 1.29 is 14.3 Å². The third-order valence-electron chi connectivity index (χ3n) is 4.75. The van der Waals surface area contributed by atoms with Gasteiger partial charge in [0.05, 0.1) is 12.6 Å². The van der Waals surface area contributed by atoms with E-state index in [1.807, 2.05) is 31.2 Å². The fourth-order valence-electron chi connectivity index (χ4n) is 3.22. The Morgan fingerprint density at radius 2 is 1.93 bits per heavy atom. The number of urea groups is 1. The first-order chi connectivity index (χ1) is 13.1. The summed E-state index contributed by atoms with van der Waals surface area (Å²) in [5.74, 6) is 0.803. The van der Waals surface area contributed by atoms with Gasteiger partial charge in [0.15, 0.2) is 0 Å². The lowest BCUT2D eigenvalue weighted by molar-refractivity contribution is -0.117. The molecule has 150 valence electrons. The van der Waals surface area contributed by atoms with Crippen LogP contribution >= 0.6 is 0 Å². The Hall–Kier alpha value is -2.28. The molecular weight excluding hydrogens is 344 g/mol. The Balaban J connectivity index is 1.75. The molecule has 0 aliphatic carbocycles. The van der Waals surface area contributed by atoms with Crippen LogP contribution in [-0.2, 0) is 4.79 Å². The van der Waals surface area contributed by atoms with E-state index >= 15 is 0 Å². The van der Waals surface area contributed by atoms with Crippen LogP contribution in [0.25, 0.3) is 0 Å². The van der Waals surface area contributed by atoms with Gasteiger partial charge in [-0.15, -0.1) is 0 Å². The number of carbonyl (C=O) groups is 2. The molecule has 2 rings (SSSR count). The number of benzene rings is 1. The van der Waals surface area contributed by atoms with Gasteiger partial charge < -0.3 is 25.2 Å². The molecule has 0 radical (unpaired) electrons. The van der Waals surface area contributed by atoms with Crippen LogP contribution in [0.1, 0.15) is 33.6 Å². The van der Waals surface area contributed by atoms with Crippen molar-refractivity contribution >= 4 is 17.6 Å². The van der Waals surface area contributed by atoms with E-state index in [4.69, 9.17) is 4.74 Å². The van der Waals surface area contributed by atoms with Crippen LogP contribution < -0.4 is 20.3 Å². The minimum absolute atomic E-state index is 0.0194. The standard InChI is InChI=1S/C20H32N4O3/c1-4-23(5-2)13-7-12-21-20(26)22-16-14-19(25)24(15-16)17-8-10-18(11-9-17)27-6-3/h8-11,16H,4-7,12-15H2,1-3H3,(H2,21,22,26)/t16-/m0/s1. The van der Waals surface area contributed by atoms with Gasteiger partial charge in [-0.05, 0) is 57.2 Å². The Bertz CT molecular complexity index is 602. The average Bonchev–Trinajstić information content (AvgIpc) is 3.03. The second kappa shape index (κ2) is 10.8. The number of hydrogen-bond acceptors (Lipinski definition) is 4. The van der Waals surface area contributed by atoms with Crippen LogP contribution in [-0.4, -0.2) is 62.2 Å². The van der Waals surface area contributed by atoms with Crippen LogP contribution in [0.3, 0.4) is 0 Å². The number of rotatable bonds is 10. The smallest absolute Gasteiger partial charge is 0.315 e. The number of ether oxygens (including phenoxy) is 1. The van der Waals surface area contributed by atoms with Crippen LogP contribution in [0.5, 0.6) is 5.75 Å². The number of amides is 3. The van der Waals surface area contributed by atoms with Crippen LogP contribution in [0.4, 0.5) is 10.5 Å². The average molecular weight is 377 g/mol. The number of nitrogens with one attached hydrogen (secondary N) is 2. The molecule has 7 nitrogen and oxygen atoms in total. The molecule has 1 aromatic carbocycles. The minimum Gasteiger partial charge on any atom is -0.494 e. The Morgan fingerprint density at radius 1 is 1.22 bits per heavy atom. The molecule has 0 saturated carbocycles.